The fourth-order valence-electron chi connectivity index (χ4n) is 8.12. The molecule has 0 unspecified atom stereocenters. The van der Waals surface area contributed by atoms with Crippen molar-refractivity contribution < 1.29 is 8.83 Å². The van der Waals surface area contributed by atoms with Gasteiger partial charge in [-0.05, 0) is 92.8 Å². The molecule has 0 N–H and O–H groups in total. The molecule has 2 aromatic heterocycles. The lowest BCUT2D eigenvalue weighted by atomic mass is 9.97. The van der Waals surface area contributed by atoms with Crippen molar-refractivity contribution in [3.8, 4) is 22.3 Å². The van der Waals surface area contributed by atoms with E-state index in [0.29, 0.717) is 0 Å². The molecule has 0 aliphatic heterocycles. The first-order valence-electron chi connectivity index (χ1n) is 18.0. The summed E-state index contributed by atoms with van der Waals surface area (Å²) in [5.41, 5.74) is 11.2. The molecule has 3 nitrogen and oxygen atoms in total. The minimum absolute atomic E-state index is 0.860. The fraction of sp³-hybridized carbons (Fsp3) is 0. The topological polar surface area (TPSA) is 29.5 Å². The molecule has 0 bridgehead atoms. The van der Waals surface area contributed by atoms with Crippen LogP contribution in [0.3, 0.4) is 0 Å². The first kappa shape index (κ1) is 29.6. The number of para-hydroxylation sites is 2. The molecule has 0 radical (unpaired) electrons. The molecular weight excluding hydrogens is 647 g/mol. The maximum Gasteiger partial charge on any atom is 0.145 e. The number of anilines is 3. The van der Waals surface area contributed by atoms with E-state index in [0.717, 1.165) is 72.1 Å². The van der Waals surface area contributed by atoms with Gasteiger partial charge >= 0.3 is 0 Å². The molecule has 0 spiro atoms. The summed E-state index contributed by atoms with van der Waals surface area (Å²) in [6, 6.07) is 66.8. The summed E-state index contributed by atoms with van der Waals surface area (Å²) in [6.07, 6.45) is 0. The van der Waals surface area contributed by atoms with Gasteiger partial charge in [0, 0.05) is 33.1 Å². The Kier molecular flexibility index (Phi) is 6.55. The van der Waals surface area contributed by atoms with Crippen molar-refractivity contribution in [1.82, 2.24) is 0 Å². The third kappa shape index (κ3) is 4.75. The van der Waals surface area contributed by atoms with Gasteiger partial charge in [-0.15, -0.1) is 0 Å². The smallest absolute Gasteiger partial charge is 0.145 e. The van der Waals surface area contributed by atoms with E-state index >= 15 is 0 Å². The second kappa shape index (κ2) is 11.7. The molecule has 0 amide bonds. The molecule has 0 aliphatic carbocycles. The highest BCUT2D eigenvalue weighted by Crippen LogP contribution is 2.47. The van der Waals surface area contributed by atoms with Gasteiger partial charge in [-0.25, -0.2) is 0 Å². The maximum absolute atomic E-state index is 6.81. The van der Waals surface area contributed by atoms with Gasteiger partial charge in [-0.1, -0.05) is 133 Å². The monoisotopic (exact) mass is 677 g/mol. The second-order valence-electron chi connectivity index (χ2n) is 13.7. The Morgan fingerprint density at radius 3 is 1.79 bits per heavy atom. The van der Waals surface area contributed by atoms with Crippen molar-refractivity contribution >= 4 is 82.5 Å². The van der Waals surface area contributed by atoms with Crippen molar-refractivity contribution in [2.24, 2.45) is 0 Å². The Balaban J connectivity index is 1.16. The van der Waals surface area contributed by atoms with E-state index in [1.807, 2.05) is 18.2 Å². The molecule has 9 aromatic carbocycles. The van der Waals surface area contributed by atoms with Crippen molar-refractivity contribution in [2.45, 2.75) is 0 Å². The normalized spacial score (nSPS) is 11.8. The summed E-state index contributed by atoms with van der Waals surface area (Å²) in [7, 11) is 0. The van der Waals surface area contributed by atoms with Gasteiger partial charge in [0.25, 0.3) is 0 Å². The maximum atomic E-state index is 6.81. The average molecular weight is 678 g/mol. The zero-order valence-corrected chi connectivity index (χ0v) is 28.7. The van der Waals surface area contributed by atoms with E-state index in [1.54, 1.807) is 0 Å². The third-order valence-electron chi connectivity index (χ3n) is 10.7. The molecular formula is C50H31NO2. The van der Waals surface area contributed by atoms with Crippen LogP contribution in [0.25, 0.3) is 87.7 Å². The minimum Gasteiger partial charge on any atom is -0.456 e. The van der Waals surface area contributed by atoms with E-state index in [4.69, 9.17) is 8.83 Å². The van der Waals surface area contributed by atoms with Crippen LogP contribution in [-0.2, 0) is 0 Å². The van der Waals surface area contributed by atoms with Gasteiger partial charge in [0.2, 0.25) is 0 Å². The zero-order chi connectivity index (χ0) is 34.9. The Morgan fingerprint density at radius 2 is 0.943 bits per heavy atom. The highest BCUT2D eigenvalue weighted by atomic mass is 16.3. The molecule has 3 heteroatoms. The largest absolute Gasteiger partial charge is 0.456 e. The Hall–Kier alpha value is -7.10. The lowest BCUT2D eigenvalue weighted by Gasteiger charge is -2.27. The molecule has 248 valence electrons. The van der Waals surface area contributed by atoms with Gasteiger partial charge < -0.3 is 13.7 Å². The van der Waals surface area contributed by atoms with Crippen LogP contribution in [0.5, 0.6) is 0 Å². The van der Waals surface area contributed by atoms with E-state index in [1.165, 1.54) is 32.7 Å². The summed E-state index contributed by atoms with van der Waals surface area (Å²) in [6.45, 7) is 0. The number of furan rings is 2. The van der Waals surface area contributed by atoms with Crippen molar-refractivity contribution in [1.29, 1.82) is 0 Å². The molecule has 0 fully saturated rings. The van der Waals surface area contributed by atoms with Gasteiger partial charge in [0.1, 0.15) is 22.3 Å². The predicted molar refractivity (Wildman–Crippen MR) is 222 cm³/mol. The third-order valence-corrected chi connectivity index (χ3v) is 10.7. The molecule has 0 atom stereocenters. The summed E-state index contributed by atoms with van der Waals surface area (Å²) in [5.74, 6) is 0. The predicted octanol–water partition coefficient (Wildman–Crippen LogP) is 14.6. The highest BCUT2D eigenvalue weighted by Gasteiger charge is 2.23. The summed E-state index contributed by atoms with van der Waals surface area (Å²) >= 11 is 0. The van der Waals surface area contributed by atoms with Crippen molar-refractivity contribution in [3.63, 3.8) is 0 Å². The van der Waals surface area contributed by atoms with E-state index in [2.05, 4.69) is 175 Å². The van der Waals surface area contributed by atoms with Crippen LogP contribution in [-0.4, -0.2) is 0 Å². The average Bonchev–Trinajstić information content (AvgIpc) is 3.80. The lowest BCUT2D eigenvalue weighted by molar-refractivity contribution is 0.669. The molecule has 0 aliphatic rings. The molecule has 2 heterocycles. The number of rotatable bonds is 5. The standard InChI is InChI=1S/C50H31NO2/c1-2-10-32(11-3-1)33-18-20-35(21-19-33)41-27-28-45(49-43-15-7-9-17-47(43)53-50(41)49)51(38-25-29-48-44(31-38)42-14-6-8-16-46(42)52-48)37-24-26-40-36(30-37)23-22-34-12-4-5-13-39(34)40/h1-31H. The quantitative estimate of drug-likeness (QED) is 0.170. The lowest BCUT2D eigenvalue weighted by Crippen LogP contribution is -2.10. The Morgan fingerprint density at radius 1 is 0.340 bits per heavy atom. The summed E-state index contributed by atoms with van der Waals surface area (Å²) in [5, 5.41) is 9.23. The second-order valence-corrected chi connectivity index (χ2v) is 13.7. The first-order chi connectivity index (χ1) is 26.3. The number of hydrogen-bond acceptors (Lipinski definition) is 3. The fourth-order valence-corrected chi connectivity index (χ4v) is 8.12. The Labute approximate surface area is 305 Å². The highest BCUT2D eigenvalue weighted by molar-refractivity contribution is 6.18. The molecule has 11 aromatic rings. The van der Waals surface area contributed by atoms with Gasteiger partial charge in [0.15, 0.2) is 0 Å². The van der Waals surface area contributed by atoms with Crippen molar-refractivity contribution in [2.75, 3.05) is 4.90 Å². The number of hydrogen-bond donors (Lipinski definition) is 0. The van der Waals surface area contributed by atoms with Gasteiger partial charge in [-0.3, -0.25) is 0 Å². The van der Waals surface area contributed by atoms with E-state index < -0.39 is 0 Å². The SMILES string of the molecule is c1ccc(-c2ccc(-c3ccc(N(c4ccc5c(ccc6ccccc65)c4)c4ccc5oc6ccccc6c5c4)c4c3oc3ccccc34)cc2)cc1. The van der Waals surface area contributed by atoms with Crippen LogP contribution >= 0.6 is 0 Å². The van der Waals surface area contributed by atoms with Gasteiger partial charge in [0.05, 0.1) is 11.1 Å². The Bertz CT molecular complexity index is 3170. The number of fused-ring (bicyclic) bond motifs is 9. The summed E-state index contributed by atoms with van der Waals surface area (Å²) in [4.78, 5) is 2.38. The number of nitrogens with zero attached hydrogens (tertiary/aromatic N) is 1. The summed E-state index contributed by atoms with van der Waals surface area (Å²) < 4.78 is 13.1. The first-order valence-corrected chi connectivity index (χ1v) is 18.0. The molecule has 0 saturated carbocycles. The van der Waals surface area contributed by atoms with Crippen LogP contribution in [0, 0.1) is 0 Å². The van der Waals surface area contributed by atoms with E-state index in [9.17, 15) is 0 Å². The zero-order valence-electron chi connectivity index (χ0n) is 28.7. The van der Waals surface area contributed by atoms with Crippen molar-refractivity contribution in [3.05, 3.63) is 188 Å². The molecule has 53 heavy (non-hydrogen) atoms. The van der Waals surface area contributed by atoms with E-state index in [-0.39, 0.29) is 0 Å². The van der Waals surface area contributed by atoms with Crippen LogP contribution in [0.2, 0.25) is 0 Å². The molecule has 11 rings (SSSR count). The van der Waals surface area contributed by atoms with Gasteiger partial charge in [-0.2, -0.15) is 0 Å². The van der Waals surface area contributed by atoms with Crippen LogP contribution in [0.15, 0.2) is 197 Å². The molecule has 0 saturated heterocycles. The number of benzene rings is 9. The van der Waals surface area contributed by atoms with Crippen LogP contribution < -0.4 is 4.90 Å². The van der Waals surface area contributed by atoms with Crippen LogP contribution in [0.1, 0.15) is 0 Å². The van der Waals surface area contributed by atoms with Crippen LogP contribution in [0.4, 0.5) is 17.1 Å². The minimum atomic E-state index is 0.860.